The van der Waals surface area contributed by atoms with Crippen LogP contribution in [0.5, 0.6) is 0 Å². The molecule has 6 nitrogen and oxygen atoms in total. The minimum absolute atomic E-state index is 0.131. The van der Waals surface area contributed by atoms with Gasteiger partial charge in [0.2, 0.25) is 0 Å². The number of hydrogen-bond donors (Lipinski definition) is 3. The molecule has 35 heavy (non-hydrogen) atoms. The average Bonchev–Trinajstić information content (AvgIpc) is 2.81. The van der Waals surface area contributed by atoms with Crippen molar-refractivity contribution < 1.29 is 29.6 Å². The van der Waals surface area contributed by atoms with Crippen LogP contribution in [0, 0.1) is 22.7 Å². The normalized spacial score (nSPS) is 37.0. The third kappa shape index (κ3) is 4.22. The van der Waals surface area contributed by atoms with Gasteiger partial charge in [-0.1, -0.05) is 57.7 Å². The number of rotatable bonds is 3. The molecule has 1 aromatic rings. The molecule has 3 aliphatic rings. The predicted molar refractivity (Wildman–Crippen MR) is 133 cm³/mol. The average molecular weight is 481 g/mol. The zero-order valence-electron chi connectivity index (χ0n) is 20.9. The maximum absolute atomic E-state index is 12.8. The van der Waals surface area contributed by atoms with Crippen LogP contribution in [-0.2, 0) is 14.3 Å². The van der Waals surface area contributed by atoms with Gasteiger partial charge in [-0.25, -0.2) is 4.79 Å². The van der Waals surface area contributed by atoms with Crippen LogP contribution in [-0.4, -0.2) is 51.5 Å². The summed E-state index contributed by atoms with van der Waals surface area (Å²) in [6.45, 7) is 11.6. The summed E-state index contributed by atoms with van der Waals surface area (Å²) in [4.78, 5) is 25.4. The van der Waals surface area contributed by atoms with E-state index in [2.05, 4.69) is 6.58 Å². The topological polar surface area (TPSA) is 104 Å². The Morgan fingerprint density at radius 2 is 1.80 bits per heavy atom. The Hall–Kier alpha value is -2.54. The quantitative estimate of drug-likeness (QED) is 0.347. The van der Waals surface area contributed by atoms with Crippen molar-refractivity contribution in [2.75, 3.05) is 0 Å². The molecule has 7 atom stereocenters. The van der Waals surface area contributed by atoms with Gasteiger partial charge >= 0.3 is 5.97 Å². The molecular formula is C29H36O6. The van der Waals surface area contributed by atoms with E-state index in [-0.39, 0.29) is 12.2 Å². The molecule has 2 bridgehead atoms. The first-order valence-corrected chi connectivity index (χ1v) is 12.3. The monoisotopic (exact) mass is 480 g/mol. The van der Waals surface area contributed by atoms with E-state index >= 15 is 0 Å². The summed E-state index contributed by atoms with van der Waals surface area (Å²) < 4.78 is 5.74. The van der Waals surface area contributed by atoms with E-state index in [0.717, 1.165) is 5.56 Å². The molecular weight excluding hydrogens is 444 g/mol. The van der Waals surface area contributed by atoms with Crippen molar-refractivity contribution in [1.82, 2.24) is 0 Å². The number of hydrogen-bond acceptors (Lipinski definition) is 6. The zero-order valence-corrected chi connectivity index (χ0v) is 20.9. The van der Waals surface area contributed by atoms with Crippen LogP contribution in [0.3, 0.4) is 0 Å². The van der Waals surface area contributed by atoms with E-state index in [1.807, 2.05) is 51.1 Å². The number of ketones is 1. The summed E-state index contributed by atoms with van der Waals surface area (Å²) in [5.41, 5.74) is 0.752. The van der Waals surface area contributed by atoms with E-state index in [4.69, 9.17) is 4.74 Å². The highest BCUT2D eigenvalue weighted by Gasteiger charge is 2.60. The van der Waals surface area contributed by atoms with Gasteiger partial charge < -0.3 is 20.1 Å². The first-order chi connectivity index (χ1) is 16.4. The first kappa shape index (κ1) is 25.5. The number of allylic oxidation sites excluding steroid dienone is 1. The van der Waals surface area contributed by atoms with E-state index in [1.54, 1.807) is 13.0 Å². The number of carbonyl (C=O) groups is 2. The Bertz CT molecular complexity index is 1080. The number of aliphatic hydroxyl groups is 3. The molecule has 188 valence electrons. The largest absolute Gasteiger partial charge is 0.455 e. The lowest BCUT2D eigenvalue weighted by Crippen LogP contribution is -2.62. The highest BCUT2D eigenvalue weighted by molar-refractivity contribution is 5.97. The van der Waals surface area contributed by atoms with E-state index in [9.17, 15) is 24.9 Å². The smallest absolute Gasteiger partial charge is 0.331 e. The fraction of sp³-hybridized carbons (Fsp3) is 0.517. The van der Waals surface area contributed by atoms with Crippen molar-refractivity contribution in [1.29, 1.82) is 0 Å². The summed E-state index contributed by atoms with van der Waals surface area (Å²) >= 11 is 0. The van der Waals surface area contributed by atoms with Gasteiger partial charge in [-0.15, -0.1) is 0 Å². The predicted octanol–water partition coefficient (Wildman–Crippen LogP) is 3.61. The number of ether oxygens (including phenoxy) is 1. The minimum atomic E-state index is -1.24. The molecule has 6 heteroatoms. The summed E-state index contributed by atoms with van der Waals surface area (Å²) in [5, 5.41) is 34.5. The minimum Gasteiger partial charge on any atom is -0.455 e. The van der Waals surface area contributed by atoms with Crippen molar-refractivity contribution in [3.8, 4) is 0 Å². The van der Waals surface area contributed by atoms with Gasteiger partial charge in [-0.05, 0) is 53.5 Å². The van der Waals surface area contributed by atoms with E-state index in [0.29, 0.717) is 29.6 Å². The van der Waals surface area contributed by atoms with Gasteiger partial charge in [0.15, 0.2) is 5.78 Å². The molecule has 0 unspecified atom stereocenters. The number of aliphatic hydroxyl groups excluding tert-OH is 3. The number of Topliss-reactive ketones (excluding diaryl/α,β-unsaturated/α-hetero) is 1. The third-order valence-corrected chi connectivity index (χ3v) is 8.81. The van der Waals surface area contributed by atoms with Crippen LogP contribution in [0.15, 0.2) is 59.7 Å². The molecule has 0 heterocycles. The van der Waals surface area contributed by atoms with Crippen LogP contribution >= 0.6 is 0 Å². The molecule has 3 N–H and O–H groups in total. The van der Waals surface area contributed by atoms with Gasteiger partial charge in [0.05, 0.1) is 12.2 Å². The molecule has 2 fully saturated rings. The first-order valence-electron chi connectivity index (χ1n) is 12.3. The summed E-state index contributed by atoms with van der Waals surface area (Å²) in [6, 6.07) is 9.41. The Morgan fingerprint density at radius 3 is 2.46 bits per heavy atom. The van der Waals surface area contributed by atoms with Crippen molar-refractivity contribution >= 4 is 17.8 Å². The van der Waals surface area contributed by atoms with Gasteiger partial charge in [0.1, 0.15) is 12.2 Å². The van der Waals surface area contributed by atoms with Gasteiger partial charge in [-0.2, -0.15) is 0 Å². The van der Waals surface area contributed by atoms with Crippen LogP contribution < -0.4 is 0 Å². The summed E-state index contributed by atoms with van der Waals surface area (Å²) in [6.07, 6.45) is -0.0747. The molecule has 4 rings (SSSR count). The number of fused-ring (bicyclic) bond motifs is 3. The maximum Gasteiger partial charge on any atom is 0.331 e. The molecule has 0 spiro atoms. The highest BCUT2D eigenvalue weighted by atomic mass is 16.5. The standard InChI is InChI=1S/C29H36O6/c1-16-20(30)15-19-25(32)24-17(2)21(35-22(31)12-11-18-9-7-6-8-10-18)13-14-29(24,5)27(34)26(33)23(16)28(19,3)4/h6-12,19,21,24-27,32-34H,2,13-15H2,1,3-5H3/b12-11+/t19-,21+,24+,25-,26-,27+,29-/m1/s1. The second kappa shape index (κ2) is 9.16. The molecule has 2 saturated carbocycles. The molecule has 0 radical (unpaired) electrons. The molecule has 0 aliphatic heterocycles. The van der Waals surface area contributed by atoms with Crippen LogP contribution in [0.25, 0.3) is 6.08 Å². The highest BCUT2D eigenvalue weighted by Crippen LogP contribution is 2.58. The molecule has 1 aromatic carbocycles. The van der Waals surface area contributed by atoms with Gasteiger partial charge in [0, 0.05) is 29.7 Å². The van der Waals surface area contributed by atoms with Gasteiger partial charge in [-0.3, -0.25) is 4.79 Å². The van der Waals surface area contributed by atoms with Crippen LogP contribution in [0.2, 0.25) is 0 Å². The zero-order chi connectivity index (χ0) is 25.7. The number of esters is 1. The van der Waals surface area contributed by atoms with Crippen molar-refractivity contribution in [3.63, 3.8) is 0 Å². The fourth-order valence-electron chi connectivity index (χ4n) is 6.73. The lowest BCUT2D eigenvalue weighted by atomic mass is 9.49. The Kier molecular flexibility index (Phi) is 6.68. The second-order valence-corrected chi connectivity index (χ2v) is 11.1. The molecule has 0 aromatic heterocycles. The Labute approximate surface area is 207 Å². The lowest BCUT2D eigenvalue weighted by molar-refractivity contribution is -0.163. The summed E-state index contributed by atoms with van der Waals surface area (Å²) in [7, 11) is 0. The Balaban J connectivity index is 1.65. The van der Waals surface area contributed by atoms with Crippen LogP contribution in [0.1, 0.15) is 52.5 Å². The molecule has 3 aliphatic carbocycles. The van der Waals surface area contributed by atoms with Crippen molar-refractivity contribution in [2.24, 2.45) is 22.7 Å². The summed E-state index contributed by atoms with van der Waals surface area (Å²) in [5.74, 6) is -1.77. The molecule has 0 amide bonds. The Morgan fingerprint density at radius 1 is 1.14 bits per heavy atom. The van der Waals surface area contributed by atoms with Crippen LogP contribution in [0.4, 0.5) is 0 Å². The number of carbonyl (C=O) groups excluding carboxylic acids is 2. The number of benzene rings is 1. The maximum atomic E-state index is 12.8. The molecule has 0 saturated heterocycles. The third-order valence-electron chi connectivity index (χ3n) is 8.81. The van der Waals surface area contributed by atoms with E-state index in [1.165, 1.54) is 6.08 Å². The van der Waals surface area contributed by atoms with Gasteiger partial charge in [0.25, 0.3) is 0 Å². The lowest BCUT2D eigenvalue weighted by Gasteiger charge is -2.58. The fourth-order valence-corrected chi connectivity index (χ4v) is 6.73. The van der Waals surface area contributed by atoms with Crippen molar-refractivity contribution in [2.45, 2.75) is 71.4 Å². The van der Waals surface area contributed by atoms with E-state index < -0.39 is 53.1 Å². The van der Waals surface area contributed by atoms with Crippen molar-refractivity contribution in [3.05, 3.63) is 65.3 Å². The SMILES string of the molecule is C=C1[C@@H](OC(=O)/C=C/c2ccccc2)CC[C@@]2(C)[C@@H](O)[C@H](O)C3=C(C)C(=O)C[C@H]([C@@H](O)[C@H]12)C3(C)C. The second-order valence-electron chi connectivity index (χ2n) is 11.1.